The fourth-order valence-corrected chi connectivity index (χ4v) is 7.16. The Hall–Kier alpha value is -3.56. The van der Waals surface area contributed by atoms with Gasteiger partial charge in [-0.15, -0.1) is 0 Å². The third kappa shape index (κ3) is 6.63. The Morgan fingerprint density at radius 2 is 1.72 bits per heavy atom. The number of fused-ring (bicyclic) bond motifs is 2. The van der Waals surface area contributed by atoms with E-state index in [2.05, 4.69) is 62.8 Å². The van der Waals surface area contributed by atoms with Gasteiger partial charge in [0.1, 0.15) is 0 Å². The van der Waals surface area contributed by atoms with Crippen LogP contribution >= 0.6 is 15.9 Å². The normalized spacial score (nSPS) is 17.2. The molecule has 0 saturated carbocycles. The Kier molecular flexibility index (Phi) is 8.61. The molecule has 0 radical (unpaired) electrons. The molecule has 1 fully saturated rings. The number of hydrogen-bond donors (Lipinski definition) is 1. The zero-order valence-electron chi connectivity index (χ0n) is 27.9. The van der Waals surface area contributed by atoms with E-state index in [1.165, 1.54) is 11.1 Å². The zero-order valence-corrected chi connectivity index (χ0v) is 29.5. The number of ether oxygens (including phenoxy) is 1. The number of piperidine rings is 1. The molecular weight excluding hydrogens is 642 g/mol. The van der Waals surface area contributed by atoms with Crippen LogP contribution in [0.25, 0.3) is 22.0 Å². The average Bonchev–Trinajstić information content (AvgIpc) is 2.98. The summed E-state index contributed by atoms with van der Waals surface area (Å²) in [5, 5.41) is 11.5. The van der Waals surface area contributed by atoms with E-state index >= 15 is 0 Å². The molecule has 46 heavy (non-hydrogen) atoms. The molecule has 1 N–H and O–H groups in total. The van der Waals surface area contributed by atoms with Gasteiger partial charge in [0.15, 0.2) is 6.10 Å². The Morgan fingerprint density at radius 3 is 2.41 bits per heavy atom. The number of pyridine rings is 1. The molecule has 1 saturated heterocycles. The molecule has 0 amide bonds. The fourth-order valence-electron chi connectivity index (χ4n) is 6.78. The van der Waals surface area contributed by atoms with Crippen molar-refractivity contribution in [3.05, 3.63) is 75.1 Å². The number of aryl methyl sites for hydroxylation is 2. The summed E-state index contributed by atoms with van der Waals surface area (Å²) in [7, 11) is 0. The summed E-state index contributed by atoms with van der Waals surface area (Å²) in [5.74, 6) is -0.260. The van der Waals surface area contributed by atoms with E-state index in [9.17, 15) is 9.90 Å². The summed E-state index contributed by atoms with van der Waals surface area (Å²) in [6.45, 7) is 17.5. The summed E-state index contributed by atoms with van der Waals surface area (Å²) in [6.07, 6.45) is 3.67. The van der Waals surface area contributed by atoms with Gasteiger partial charge in [-0.3, -0.25) is 4.98 Å². The number of anilines is 2. The van der Waals surface area contributed by atoms with Gasteiger partial charge in [0.25, 0.3) is 0 Å². The highest BCUT2D eigenvalue weighted by atomic mass is 79.9. The molecule has 0 spiro atoms. The first kappa shape index (κ1) is 32.4. The molecular formula is C37H44BrN5O3. The second-order valence-electron chi connectivity index (χ2n) is 14.5. The fraction of sp³-hybridized carbons (Fsp3) is 0.459. The molecule has 0 aliphatic carbocycles. The number of carboxylic acid groups (broad SMARTS) is 1. The van der Waals surface area contributed by atoms with Crippen LogP contribution in [0, 0.1) is 19.3 Å². The minimum absolute atomic E-state index is 0.241. The first-order valence-electron chi connectivity index (χ1n) is 16.2. The van der Waals surface area contributed by atoms with Gasteiger partial charge in [-0.25, -0.2) is 14.8 Å². The Balaban J connectivity index is 1.41. The molecule has 4 heterocycles. The SMILES string of the molecule is Cc1nc(C)c(C(OC(C)(C)C)C(=O)O)c(N2CCC(C)(C)CC2)c1-c1ccc2c(c1)CCN(c1ncc3cc(Br)ccc3n1)C2. The summed E-state index contributed by atoms with van der Waals surface area (Å²) < 4.78 is 7.27. The van der Waals surface area contributed by atoms with Gasteiger partial charge < -0.3 is 19.6 Å². The number of carboxylic acids is 1. The number of hydrogen-bond acceptors (Lipinski definition) is 7. The number of nitrogens with zero attached hydrogens (tertiary/aromatic N) is 5. The number of carbonyl (C=O) groups is 1. The third-order valence-electron chi connectivity index (χ3n) is 9.29. The quantitative estimate of drug-likeness (QED) is 0.217. The molecule has 2 aliphatic rings. The van der Waals surface area contributed by atoms with E-state index in [0.29, 0.717) is 11.3 Å². The number of aliphatic carboxylic acids is 1. The van der Waals surface area contributed by atoms with Crippen molar-refractivity contribution < 1.29 is 14.6 Å². The average molecular weight is 687 g/mol. The Labute approximate surface area is 280 Å². The van der Waals surface area contributed by atoms with Crippen LogP contribution in [0.5, 0.6) is 0 Å². The summed E-state index contributed by atoms with van der Waals surface area (Å²) >= 11 is 3.53. The molecule has 6 rings (SSSR count). The monoisotopic (exact) mass is 685 g/mol. The first-order chi connectivity index (χ1) is 21.7. The predicted octanol–water partition coefficient (Wildman–Crippen LogP) is 8.20. The van der Waals surface area contributed by atoms with E-state index in [1.807, 2.05) is 59.0 Å². The molecule has 0 bridgehead atoms. The molecule has 2 aromatic carbocycles. The van der Waals surface area contributed by atoms with Crippen molar-refractivity contribution in [2.24, 2.45) is 5.41 Å². The second-order valence-corrected chi connectivity index (χ2v) is 15.5. The number of aromatic nitrogens is 3. The second kappa shape index (κ2) is 12.2. The van der Waals surface area contributed by atoms with Crippen molar-refractivity contribution in [1.29, 1.82) is 0 Å². The molecule has 2 aromatic heterocycles. The van der Waals surface area contributed by atoms with Crippen molar-refractivity contribution in [2.75, 3.05) is 29.4 Å². The summed E-state index contributed by atoms with van der Waals surface area (Å²) in [6, 6.07) is 12.7. The highest BCUT2D eigenvalue weighted by Gasteiger charge is 2.36. The summed E-state index contributed by atoms with van der Waals surface area (Å²) in [5.41, 5.74) is 8.32. The highest BCUT2D eigenvalue weighted by Crippen LogP contribution is 2.45. The Bertz CT molecular complexity index is 1810. The van der Waals surface area contributed by atoms with Crippen molar-refractivity contribution >= 4 is 44.4 Å². The van der Waals surface area contributed by atoms with Crippen LogP contribution in [0.3, 0.4) is 0 Å². The number of rotatable bonds is 6. The molecule has 8 nitrogen and oxygen atoms in total. The maximum atomic E-state index is 12.8. The van der Waals surface area contributed by atoms with Crippen molar-refractivity contribution in [3.8, 4) is 11.1 Å². The maximum Gasteiger partial charge on any atom is 0.337 e. The molecule has 1 atom stereocenters. The number of benzene rings is 2. The third-order valence-corrected chi connectivity index (χ3v) is 9.78. The number of halogens is 1. The lowest BCUT2D eigenvalue weighted by Crippen LogP contribution is -2.39. The molecule has 1 unspecified atom stereocenters. The van der Waals surface area contributed by atoms with Crippen LogP contribution in [0.1, 0.15) is 81.6 Å². The minimum atomic E-state index is -1.13. The van der Waals surface area contributed by atoms with Crippen LogP contribution in [0.2, 0.25) is 0 Å². The Morgan fingerprint density at radius 1 is 0.978 bits per heavy atom. The van der Waals surface area contributed by atoms with Crippen molar-refractivity contribution in [1.82, 2.24) is 15.0 Å². The van der Waals surface area contributed by atoms with Gasteiger partial charge in [0.2, 0.25) is 5.95 Å². The van der Waals surface area contributed by atoms with Crippen LogP contribution in [0.4, 0.5) is 11.6 Å². The lowest BCUT2D eigenvalue weighted by atomic mass is 9.81. The van der Waals surface area contributed by atoms with Crippen LogP contribution in [-0.2, 0) is 22.5 Å². The predicted molar refractivity (Wildman–Crippen MR) is 188 cm³/mol. The van der Waals surface area contributed by atoms with Gasteiger partial charge in [0, 0.05) is 64.7 Å². The van der Waals surface area contributed by atoms with Crippen molar-refractivity contribution in [2.45, 2.75) is 86.0 Å². The van der Waals surface area contributed by atoms with Crippen LogP contribution in [0.15, 0.2) is 47.1 Å². The van der Waals surface area contributed by atoms with E-state index in [4.69, 9.17) is 14.7 Å². The van der Waals surface area contributed by atoms with Gasteiger partial charge in [-0.1, -0.05) is 48.0 Å². The zero-order chi connectivity index (χ0) is 33.0. The molecule has 9 heteroatoms. The van der Waals surface area contributed by atoms with E-state index in [0.717, 1.165) is 89.3 Å². The topological polar surface area (TPSA) is 91.7 Å². The standard InChI is InChI=1S/C37H44BrN5O3/c1-22-30(32(42-16-13-37(6,7)14-17-42)31(23(2)40-22)33(34(44)45)46-36(3,4)5)25-8-9-26-21-43(15-12-24(26)18-25)35-39-20-27-19-28(38)10-11-29(27)41-35/h8-11,18-20,33H,12-17,21H2,1-7H3,(H,44,45). The van der Waals surface area contributed by atoms with E-state index in [-0.39, 0.29) is 5.41 Å². The lowest BCUT2D eigenvalue weighted by molar-refractivity contribution is -0.160. The van der Waals surface area contributed by atoms with E-state index in [1.54, 1.807) is 0 Å². The largest absolute Gasteiger partial charge is 0.479 e. The van der Waals surface area contributed by atoms with E-state index < -0.39 is 17.7 Å². The van der Waals surface area contributed by atoms with Gasteiger partial charge in [-0.2, -0.15) is 0 Å². The highest BCUT2D eigenvalue weighted by molar-refractivity contribution is 9.10. The minimum Gasteiger partial charge on any atom is -0.479 e. The van der Waals surface area contributed by atoms with Gasteiger partial charge >= 0.3 is 5.97 Å². The molecule has 4 aromatic rings. The smallest absolute Gasteiger partial charge is 0.337 e. The summed E-state index contributed by atoms with van der Waals surface area (Å²) in [4.78, 5) is 32.0. The first-order valence-corrected chi connectivity index (χ1v) is 16.9. The van der Waals surface area contributed by atoms with Gasteiger partial charge in [-0.05, 0) is 94.2 Å². The maximum absolute atomic E-state index is 12.8. The van der Waals surface area contributed by atoms with Crippen LogP contribution in [-0.4, -0.2) is 51.3 Å². The lowest BCUT2D eigenvalue weighted by Gasteiger charge is -2.41. The van der Waals surface area contributed by atoms with Gasteiger partial charge in [0.05, 0.1) is 16.8 Å². The van der Waals surface area contributed by atoms with Crippen LogP contribution < -0.4 is 9.80 Å². The molecule has 2 aliphatic heterocycles. The molecule has 242 valence electrons. The van der Waals surface area contributed by atoms with Crippen molar-refractivity contribution in [3.63, 3.8) is 0 Å².